The monoisotopic (exact) mass is 351 g/mol. The highest BCUT2D eigenvalue weighted by atomic mass is 16.5. The van der Waals surface area contributed by atoms with Crippen LogP contribution in [0, 0.1) is 6.92 Å². The van der Waals surface area contributed by atoms with E-state index in [4.69, 9.17) is 9.26 Å². The fraction of sp³-hybridized carbons (Fsp3) is 0.250. The number of benzene rings is 2. The van der Waals surface area contributed by atoms with Gasteiger partial charge in [0.15, 0.2) is 5.82 Å². The first-order chi connectivity index (χ1) is 12.5. The number of nitrogens with one attached hydrogen (secondary N) is 1. The molecule has 6 heteroatoms. The highest BCUT2D eigenvalue weighted by Crippen LogP contribution is 2.18. The summed E-state index contributed by atoms with van der Waals surface area (Å²) < 4.78 is 10.7. The lowest BCUT2D eigenvalue weighted by atomic mass is 10.1. The maximum Gasteiger partial charge on any atom is 0.257 e. The van der Waals surface area contributed by atoms with E-state index in [9.17, 15) is 4.79 Å². The molecule has 1 heterocycles. The fourth-order valence-electron chi connectivity index (χ4n) is 2.42. The molecule has 0 atom stereocenters. The predicted molar refractivity (Wildman–Crippen MR) is 97.8 cm³/mol. The van der Waals surface area contributed by atoms with E-state index in [-0.39, 0.29) is 12.0 Å². The van der Waals surface area contributed by atoms with Crippen molar-refractivity contribution in [2.24, 2.45) is 0 Å². The predicted octanol–water partition coefficient (Wildman–Crippen LogP) is 3.76. The normalized spacial score (nSPS) is 10.8. The van der Waals surface area contributed by atoms with Gasteiger partial charge < -0.3 is 14.6 Å². The number of hydrogen-bond donors (Lipinski definition) is 1. The average Bonchev–Trinajstić information content (AvgIpc) is 3.07. The Labute approximate surface area is 152 Å². The molecule has 134 valence electrons. The molecule has 0 aliphatic rings. The quantitative estimate of drug-likeness (QED) is 0.731. The highest BCUT2D eigenvalue weighted by molar-refractivity contribution is 5.94. The molecule has 1 N–H and O–H groups in total. The molecule has 0 aliphatic carbocycles. The zero-order valence-corrected chi connectivity index (χ0v) is 15.0. The molecule has 3 rings (SSSR count). The molecule has 1 aromatic heterocycles. The highest BCUT2D eigenvalue weighted by Gasteiger charge is 2.09. The summed E-state index contributed by atoms with van der Waals surface area (Å²) in [6.45, 7) is 6.18. The third-order valence-electron chi connectivity index (χ3n) is 3.67. The topological polar surface area (TPSA) is 77.2 Å². The number of nitrogens with zero attached hydrogens (tertiary/aromatic N) is 2. The Bertz CT molecular complexity index is 868. The van der Waals surface area contributed by atoms with Gasteiger partial charge in [0.1, 0.15) is 5.75 Å². The molecule has 0 unspecified atom stereocenters. The molecule has 0 saturated heterocycles. The SMILES string of the molecule is Cc1noc(-c2ccc(C(=O)NCc3ccc(OC(C)C)cc3)cc2)n1. The van der Waals surface area contributed by atoms with Crippen LogP contribution in [0.2, 0.25) is 0 Å². The largest absolute Gasteiger partial charge is 0.491 e. The fourth-order valence-corrected chi connectivity index (χ4v) is 2.42. The molecule has 6 nitrogen and oxygen atoms in total. The number of carbonyl (C=O) groups is 1. The van der Waals surface area contributed by atoms with Crippen LogP contribution in [0.25, 0.3) is 11.5 Å². The smallest absolute Gasteiger partial charge is 0.257 e. The average molecular weight is 351 g/mol. The summed E-state index contributed by atoms with van der Waals surface area (Å²) in [6.07, 6.45) is 0.139. The summed E-state index contributed by atoms with van der Waals surface area (Å²) in [6, 6.07) is 14.8. The summed E-state index contributed by atoms with van der Waals surface area (Å²) in [5.41, 5.74) is 2.36. The first-order valence-electron chi connectivity index (χ1n) is 8.46. The van der Waals surface area contributed by atoms with Gasteiger partial charge in [0.2, 0.25) is 0 Å². The lowest BCUT2D eigenvalue weighted by Gasteiger charge is -2.10. The minimum Gasteiger partial charge on any atom is -0.491 e. The van der Waals surface area contributed by atoms with Crippen LogP contribution in [0.1, 0.15) is 35.6 Å². The first kappa shape index (κ1) is 17.7. The van der Waals surface area contributed by atoms with Crippen LogP contribution in [0.5, 0.6) is 5.75 Å². The van der Waals surface area contributed by atoms with E-state index in [1.165, 1.54) is 0 Å². The molecule has 0 bridgehead atoms. The van der Waals surface area contributed by atoms with Crippen molar-refractivity contribution in [2.45, 2.75) is 33.4 Å². The maximum atomic E-state index is 12.3. The minimum absolute atomic E-state index is 0.138. The van der Waals surface area contributed by atoms with E-state index < -0.39 is 0 Å². The van der Waals surface area contributed by atoms with Gasteiger partial charge in [-0.3, -0.25) is 4.79 Å². The van der Waals surface area contributed by atoms with Crippen LogP contribution in [-0.2, 0) is 6.54 Å². The summed E-state index contributed by atoms with van der Waals surface area (Å²) in [4.78, 5) is 16.5. The van der Waals surface area contributed by atoms with Gasteiger partial charge >= 0.3 is 0 Å². The van der Waals surface area contributed by atoms with Crippen molar-refractivity contribution < 1.29 is 14.1 Å². The van der Waals surface area contributed by atoms with Crippen LogP contribution in [0.4, 0.5) is 0 Å². The van der Waals surface area contributed by atoms with Crippen molar-refractivity contribution in [3.63, 3.8) is 0 Å². The van der Waals surface area contributed by atoms with Gasteiger partial charge in [-0.05, 0) is 62.7 Å². The van der Waals surface area contributed by atoms with Crippen molar-refractivity contribution in [2.75, 3.05) is 0 Å². The number of hydrogen-bond acceptors (Lipinski definition) is 5. The molecule has 0 radical (unpaired) electrons. The molecule has 1 amide bonds. The second-order valence-corrected chi connectivity index (χ2v) is 6.22. The Kier molecular flexibility index (Phi) is 5.31. The van der Waals surface area contributed by atoms with E-state index in [2.05, 4.69) is 15.5 Å². The van der Waals surface area contributed by atoms with Gasteiger partial charge in [-0.15, -0.1) is 0 Å². The van der Waals surface area contributed by atoms with Crippen LogP contribution in [0.15, 0.2) is 53.1 Å². The van der Waals surface area contributed by atoms with E-state index in [1.54, 1.807) is 31.2 Å². The van der Waals surface area contributed by atoms with Gasteiger partial charge in [0.05, 0.1) is 6.10 Å². The van der Waals surface area contributed by atoms with Crippen molar-refractivity contribution in [1.82, 2.24) is 15.5 Å². The number of aromatic nitrogens is 2. The number of rotatable bonds is 6. The van der Waals surface area contributed by atoms with Crippen molar-refractivity contribution in [3.8, 4) is 17.2 Å². The summed E-state index contributed by atoms with van der Waals surface area (Å²) in [5, 5.41) is 6.67. The van der Waals surface area contributed by atoms with Crippen molar-refractivity contribution in [3.05, 3.63) is 65.5 Å². The summed E-state index contributed by atoms with van der Waals surface area (Å²) in [5.74, 6) is 1.70. The minimum atomic E-state index is -0.138. The van der Waals surface area contributed by atoms with Gasteiger partial charge in [-0.1, -0.05) is 17.3 Å². The number of carbonyl (C=O) groups excluding carboxylic acids is 1. The van der Waals surface area contributed by atoms with E-state index in [1.807, 2.05) is 38.1 Å². The van der Waals surface area contributed by atoms with Gasteiger partial charge in [0.25, 0.3) is 11.8 Å². The van der Waals surface area contributed by atoms with Crippen LogP contribution < -0.4 is 10.1 Å². The molecule has 0 aliphatic heterocycles. The maximum absolute atomic E-state index is 12.3. The zero-order chi connectivity index (χ0) is 18.5. The Morgan fingerprint density at radius 3 is 2.38 bits per heavy atom. The van der Waals surface area contributed by atoms with Crippen LogP contribution in [-0.4, -0.2) is 22.2 Å². The standard InChI is InChI=1S/C20H21N3O3/c1-13(2)25-18-10-4-15(5-11-18)12-21-19(24)16-6-8-17(9-7-16)20-22-14(3)23-26-20/h4-11,13H,12H2,1-3H3,(H,21,24). The van der Waals surface area contributed by atoms with E-state index in [0.717, 1.165) is 16.9 Å². The van der Waals surface area contributed by atoms with E-state index in [0.29, 0.717) is 23.8 Å². The Morgan fingerprint density at radius 1 is 1.12 bits per heavy atom. The first-order valence-corrected chi connectivity index (χ1v) is 8.46. The third-order valence-corrected chi connectivity index (χ3v) is 3.67. The van der Waals surface area contributed by atoms with Crippen molar-refractivity contribution >= 4 is 5.91 Å². The molecular weight excluding hydrogens is 330 g/mol. The van der Waals surface area contributed by atoms with Gasteiger partial charge in [-0.2, -0.15) is 4.98 Å². The van der Waals surface area contributed by atoms with E-state index >= 15 is 0 Å². The number of amides is 1. The molecular formula is C20H21N3O3. The summed E-state index contributed by atoms with van der Waals surface area (Å²) in [7, 11) is 0. The number of aryl methyl sites for hydroxylation is 1. The Balaban J connectivity index is 1.58. The molecule has 0 spiro atoms. The van der Waals surface area contributed by atoms with Crippen molar-refractivity contribution in [1.29, 1.82) is 0 Å². The Hall–Kier alpha value is -3.15. The lowest BCUT2D eigenvalue weighted by molar-refractivity contribution is 0.0951. The second kappa shape index (κ2) is 7.82. The molecule has 0 fully saturated rings. The zero-order valence-electron chi connectivity index (χ0n) is 15.0. The molecule has 2 aromatic carbocycles. The van der Waals surface area contributed by atoms with Crippen LogP contribution >= 0.6 is 0 Å². The molecule has 0 saturated carbocycles. The Morgan fingerprint density at radius 2 is 1.81 bits per heavy atom. The summed E-state index contributed by atoms with van der Waals surface area (Å²) >= 11 is 0. The number of ether oxygens (including phenoxy) is 1. The molecule has 3 aromatic rings. The van der Waals surface area contributed by atoms with Gasteiger partial charge in [0, 0.05) is 17.7 Å². The van der Waals surface area contributed by atoms with Crippen LogP contribution in [0.3, 0.4) is 0 Å². The molecule has 26 heavy (non-hydrogen) atoms. The lowest BCUT2D eigenvalue weighted by Crippen LogP contribution is -2.22. The second-order valence-electron chi connectivity index (χ2n) is 6.22. The van der Waals surface area contributed by atoms with Gasteiger partial charge in [-0.25, -0.2) is 0 Å². The third kappa shape index (κ3) is 4.47.